The van der Waals surface area contributed by atoms with Crippen molar-refractivity contribution in [2.75, 3.05) is 17.7 Å². The van der Waals surface area contributed by atoms with Crippen molar-refractivity contribution in [2.45, 2.75) is 13.5 Å². The molecule has 4 heteroatoms. The van der Waals surface area contributed by atoms with Gasteiger partial charge in [-0.2, -0.15) is 0 Å². The molecule has 0 aliphatic heterocycles. The van der Waals surface area contributed by atoms with E-state index in [-0.39, 0.29) is 0 Å². The number of nitrogen functional groups attached to an aromatic ring is 1. The van der Waals surface area contributed by atoms with Crippen LogP contribution in [0.2, 0.25) is 0 Å². The summed E-state index contributed by atoms with van der Waals surface area (Å²) in [5.41, 5.74) is 8.53. The SMILES string of the molecule is Cc1cc(N(C)Cc2ccccn2)ncc1N. The van der Waals surface area contributed by atoms with E-state index in [4.69, 9.17) is 5.73 Å². The van der Waals surface area contributed by atoms with Crippen LogP contribution in [0, 0.1) is 6.92 Å². The van der Waals surface area contributed by atoms with Gasteiger partial charge >= 0.3 is 0 Å². The Morgan fingerprint density at radius 2 is 2.12 bits per heavy atom. The normalized spacial score (nSPS) is 10.2. The van der Waals surface area contributed by atoms with Gasteiger partial charge < -0.3 is 10.6 Å². The van der Waals surface area contributed by atoms with E-state index in [0.717, 1.165) is 29.3 Å². The van der Waals surface area contributed by atoms with Gasteiger partial charge in [0.1, 0.15) is 5.82 Å². The Morgan fingerprint density at radius 3 is 2.76 bits per heavy atom. The summed E-state index contributed by atoms with van der Waals surface area (Å²) in [6.45, 7) is 2.71. The van der Waals surface area contributed by atoms with Gasteiger partial charge in [0.25, 0.3) is 0 Å². The fourth-order valence-electron chi connectivity index (χ4n) is 1.58. The van der Waals surface area contributed by atoms with Crippen LogP contribution in [-0.2, 0) is 6.54 Å². The van der Waals surface area contributed by atoms with Gasteiger partial charge in [-0.05, 0) is 30.7 Å². The molecule has 0 fully saturated rings. The average molecular weight is 228 g/mol. The molecule has 2 aromatic heterocycles. The van der Waals surface area contributed by atoms with Crippen molar-refractivity contribution in [2.24, 2.45) is 0 Å². The van der Waals surface area contributed by atoms with Gasteiger partial charge in [0.15, 0.2) is 0 Å². The second-order valence-electron chi connectivity index (χ2n) is 4.08. The van der Waals surface area contributed by atoms with E-state index in [1.54, 1.807) is 12.4 Å². The number of nitrogens with zero attached hydrogens (tertiary/aromatic N) is 3. The van der Waals surface area contributed by atoms with Crippen molar-refractivity contribution in [1.82, 2.24) is 9.97 Å². The number of pyridine rings is 2. The molecule has 0 saturated heterocycles. The third-order valence-electron chi connectivity index (χ3n) is 2.65. The Kier molecular flexibility index (Phi) is 3.23. The van der Waals surface area contributed by atoms with E-state index in [1.165, 1.54) is 0 Å². The van der Waals surface area contributed by atoms with E-state index in [9.17, 15) is 0 Å². The van der Waals surface area contributed by atoms with Crippen LogP contribution in [0.25, 0.3) is 0 Å². The van der Waals surface area contributed by atoms with Crippen molar-refractivity contribution >= 4 is 11.5 Å². The van der Waals surface area contributed by atoms with Crippen LogP contribution in [0.5, 0.6) is 0 Å². The molecule has 2 N–H and O–H groups in total. The predicted molar refractivity (Wildman–Crippen MR) is 69.7 cm³/mol. The highest BCUT2D eigenvalue weighted by molar-refractivity contribution is 5.51. The zero-order chi connectivity index (χ0) is 12.3. The Morgan fingerprint density at radius 1 is 1.29 bits per heavy atom. The Balaban J connectivity index is 2.14. The molecule has 0 spiro atoms. The summed E-state index contributed by atoms with van der Waals surface area (Å²) in [6, 6.07) is 7.88. The number of anilines is 2. The maximum Gasteiger partial charge on any atom is 0.128 e. The first-order chi connectivity index (χ1) is 8.16. The molecule has 0 aliphatic rings. The lowest BCUT2D eigenvalue weighted by atomic mass is 10.2. The van der Waals surface area contributed by atoms with E-state index in [1.807, 2.05) is 38.2 Å². The molecule has 2 heterocycles. The lowest BCUT2D eigenvalue weighted by Gasteiger charge is -2.18. The fourth-order valence-corrected chi connectivity index (χ4v) is 1.58. The van der Waals surface area contributed by atoms with Crippen LogP contribution in [0.3, 0.4) is 0 Å². The van der Waals surface area contributed by atoms with Crippen molar-refractivity contribution in [1.29, 1.82) is 0 Å². The minimum atomic E-state index is 0.722. The molecule has 17 heavy (non-hydrogen) atoms. The fraction of sp³-hybridized carbons (Fsp3) is 0.231. The number of rotatable bonds is 3. The minimum absolute atomic E-state index is 0.722. The number of aryl methyl sites for hydroxylation is 1. The highest BCUT2D eigenvalue weighted by Crippen LogP contribution is 2.17. The second kappa shape index (κ2) is 4.82. The minimum Gasteiger partial charge on any atom is -0.397 e. The third kappa shape index (κ3) is 2.72. The van der Waals surface area contributed by atoms with Crippen molar-refractivity contribution in [3.63, 3.8) is 0 Å². The number of nitrogens with two attached hydrogens (primary N) is 1. The van der Waals surface area contributed by atoms with E-state index in [0.29, 0.717) is 0 Å². The molecular weight excluding hydrogens is 212 g/mol. The van der Waals surface area contributed by atoms with Gasteiger partial charge in [0, 0.05) is 13.2 Å². The zero-order valence-electron chi connectivity index (χ0n) is 10.1. The van der Waals surface area contributed by atoms with Crippen LogP contribution in [0.4, 0.5) is 11.5 Å². The van der Waals surface area contributed by atoms with Gasteiger partial charge in [-0.1, -0.05) is 6.07 Å². The van der Waals surface area contributed by atoms with Crippen LogP contribution >= 0.6 is 0 Å². The molecule has 0 saturated carbocycles. The maximum absolute atomic E-state index is 5.75. The number of aromatic nitrogens is 2. The molecule has 0 unspecified atom stereocenters. The Labute approximate surface area is 101 Å². The lowest BCUT2D eigenvalue weighted by molar-refractivity contribution is 0.865. The van der Waals surface area contributed by atoms with Crippen LogP contribution in [0.15, 0.2) is 36.7 Å². The Hall–Kier alpha value is -2.10. The zero-order valence-corrected chi connectivity index (χ0v) is 10.1. The highest BCUT2D eigenvalue weighted by Gasteiger charge is 2.05. The largest absolute Gasteiger partial charge is 0.397 e. The summed E-state index contributed by atoms with van der Waals surface area (Å²) < 4.78 is 0. The summed E-state index contributed by atoms with van der Waals surface area (Å²) in [6.07, 6.45) is 3.49. The van der Waals surface area contributed by atoms with Crippen LogP contribution in [-0.4, -0.2) is 17.0 Å². The molecule has 0 aliphatic carbocycles. The van der Waals surface area contributed by atoms with E-state index >= 15 is 0 Å². The third-order valence-corrected chi connectivity index (χ3v) is 2.65. The second-order valence-corrected chi connectivity index (χ2v) is 4.08. The first-order valence-electron chi connectivity index (χ1n) is 5.50. The molecule has 88 valence electrons. The van der Waals surface area contributed by atoms with Gasteiger partial charge in [0.2, 0.25) is 0 Å². The molecule has 0 aromatic carbocycles. The molecular formula is C13H16N4. The predicted octanol–water partition coefficient (Wildman–Crippen LogP) is 2.00. The molecule has 2 aromatic rings. The van der Waals surface area contributed by atoms with Gasteiger partial charge in [-0.15, -0.1) is 0 Å². The first-order valence-corrected chi connectivity index (χ1v) is 5.50. The standard InChI is InChI=1S/C13H16N4/c1-10-7-13(16-8-12(10)14)17(2)9-11-5-3-4-6-15-11/h3-8H,9,14H2,1-2H3. The van der Waals surface area contributed by atoms with Crippen molar-refractivity contribution < 1.29 is 0 Å². The van der Waals surface area contributed by atoms with E-state index < -0.39 is 0 Å². The molecule has 0 atom stereocenters. The van der Waals surface area contributed by atoms with E-state index in [2.05, 4.69) is 14.9 Å². The van der Waals surface area contributed by atoms with Crippen LogP contribution in [0.1, 0.15) is 11.3 Å². The summed E-state index contributed by atoms with van der Waals surface area (Å²) in [7, 11) is 1.99. The number of hydrogen-bond acceptors (Lipinski definition) is 4. The van der Waals surface area contributed by atoms with Gasteiger partial charge in [-0.3, -0.25) is 4.98 Å². The smallest absolute Gasteiger partial charge is 0.128 e. The van der Waals surface area contributed by atoms with Crippen molar-refractivity contribution in [3.8, 4) is 0 Å². The quantitative estimate of drug-likeness (QED) is 0.873. The molecule has 2 rings (SSSR count). The topological polar surface area (TPSA) is 55.0 Å². The molecule has 4 nitrogen and oxygen atoms in total. The summed E-state index contributed by atoms with van der Waals surface area (Å²) in [4.78, 5) is 10.6. The summed E-state index contributed by atoms with van der Waals surface area (Å²) >= 11 is 0. The van der Waals surface area contributed by atoms with Crippen LogP contribution < -0.4 is 10.6 Å². The van der Waals surface area contributed by atoms with Gasteiger partial charge in [0.05, 0.1) is 24.1 Å². The first kappa shape index (κ1) is 11.4. The van der Waals surface area contributed by atoms with Gasteiger partial charge in [-0.25, -0.2) is 4.98 Å². The summed E-state index contributed by atoms with van der Waals surface area (Å²) in [5.74, 6) is 0.905. The Bertz CT molecular complexity index is 496. The molecule has 0 radical (unpaired) electrons. The van der Waals surface area contributed by atoms with Crippen molar-refractivity contribution in [3.05, 3.63) is 47.9 Å². The molecule has 0 bridgehead atoms. The number of hydrogen-bond donors (Lipinski definition) is 1. The monoisotopic (exact) mass is 228 g/mol. The lowest BCUT2D eigenvalue weighted by Crippen LogP contribution is -2.18. The summed E-state index contributed by atoms with van der Waals surface area (Å²) in [5, 5.41) is 0. The molecule has 0 amide bonds. The average Bonchev–Trinajstić information content (AvgIpc) is 2.34. The maximum atomic E-state index is 5.75. The highest BCUT2D eigenvalue weighted by atomic mass is 15.2.